The fourth-order valence-corrected chi connectivity index (χ4v) is 2.93. The average molecular weight is 415 g/mol. The van der Waals surface area contributed by atoms with Gasteiger partial charge in [-0.15, -0.1) is 0 Å². The molecule has 1 amide bonds. The van der Waals surface area contributed by atoms with Crippen molar-refractivity contribution in [2.75, 3.05) is 34.2 Å². The number of unbranched alkanes of at least 4 members (excludes halogenated alkanes) is 4. The van der Waals surface area contributed by atoms with Gasteiger partial charge >= 0.3 is 0 Å². The first-order chi connectivity index (χ1) is 13.0. The molecule has 1 aromatic carbocycles. The van der Waals surface area contributed by atoms with Gasteiger partial charge in [-0.1, -0.05) is 50.3 Å². The van der Waals surface area contributed by atoms with Gasteiger partial charge in [0.1, 0.15) is 10.1 Å². The van der Waals surface area contributed by atoms with E-state index in [9.17, 15) is 17.8 Å². The Morgan fingerprint density at radius 3 is 2.07 bits per heavy atom. The second-order valence-corrected chi connectivity index (χ2v) is 9.53. The Bertz CT molecular complexity index is 650. The third-order valence-corrected chi connectivity index (χ3v) is 4.99. The van der Waals surface area contributed by atoms with Crippen LogP contribution < -0.4 is 5.32 Å². The van der Waals surface area contributed by atoms with E-state index in [-0.39, 0.29) is 10.8 Å². The summed E-state index contributed by atoms with van der Waals surface area (Å²) in [6.45, 7) is 5.96. The molecule has 7 heteroatoms. The lowest BCUT2D eigenvalue weighted by Gasteiger charge is -2.23. The predicted molar refractivity (Wildman–Crippen MR) is 113 cm³/mol. The molecule has 0 atom stereocenters. The minimum Gasteiger partial charge on any atom is -0.744 e. The van der Waals surface area contributed by atoms with Crippen molar-refractivity contribution in [1.82, 2.24) is 5.32 Å². The number of nitrogens with one attached hydrogen (secondary N) is 1. The number of hydrogen-bond acceptors (Lipinski definition) is 4. The monoisotopic (exact) mass is 414 g/mol. The molecular weight excluding hydrogens is 376 g/mol. The van der Waals surface area contributed by atoms with E-state index in [0.29, 0.717) is 6.42 Å². The molecule has 162 valence electrons. The third kappa shape index (κ3) is 15.6. The highest BCUT2D eigenvalue weighted by molar-refractivity contribution is 7.85. The van der Waals surface area contributed by atoms with Gasteiger partial charge in [-0.25, -0.2) is 8.42 Å². The number of amides is 1. The van der Waals surface area contributed by atoms with Gasteiger partial charge in [-0.3, -0.25) is 4.79 Å². The summed E-state index contributed by atoms with van der Waals surface area (Å²) >= 11 is 0. The predicted octanol–water partition coefficient (Wildman–Crippen LogP) is 3.46. The highest BCUT2D eigenvalue weighted by Crippen LogP contribution is 2.08. The van der Waals surface area contributed by atoms with Crippen molar-refractivity contribution in [2.24, 2.45) is 0 Å². The van der Waals surface area contributed by atoms with Crippen LogP contribution in [0.1, 0.15) is 57.4 Å². The zero-order valence-electron chi connectivity index (χ0n) is 18.2. The number of hydrogen-bond donors (Lipinski definition) is 1. The van der Waals surface area contributed by atoms with Crippen LogP contribution >= 0.6 is 0 Å². The Morgan fingerprint density at radius 2 is 1.57 bits per heavy atom. The quantitative estimate of drug-likeness (QED) is 0.341. The van der Waals surface area contributed by atoms with Crippen molar-refractivity contribution < 1.29 is 22.2 Å². The molecule has 0 unspecified atom stereocenters. The molecule has 0 saturated carbocycles. The maximum atomic E-state index is 11.5. The fraction of sp³-hybridized carbons (Fsp3) is 0.667. The van der Waals surface area contributed by atoms with Crippen LogP contribution in [0.15, 0.2) is 29.2 Å². The standard InChI is InChI=1S/C14H30N2O.C7H8O3S/c1-5-6-7-8-9-11-14(17)15-12-10-13-16(2,3)4;1-6-2-4-7(5-3-6)11(8,9)10/h5-13H2,1-4H3;2-5H,1H3,(H,8,9,10). The molecule has 0 spiro atoms. The number of quaternary nitrogens is 1. The van der Waals surface area contributed by atoms with E-state index in [1.165, 1.54) is 37.8 Å². The van der Waals surface area contributed by atoms with Crippen LogP contribution in [0.2, 0.25) is 0 Å². The van der Waals surface area contributed by atoms with Crippen LogP contribution in [0, 0.1) is 6.92 Å². The van der Waals surface area contributed by atoms with Gasteiger partial charge in [0.2, 0.25) is 5.91 Å². The SMILES string of the molecule is CCCCCCCC(=O)NCCC[N+](C)(C)C.Cc1ccc(S(=O)(=O)[O-])cc1. The van der Waals surface area contributed by atoms with E-state index in [4.69, 9.17) is 0 Å². The first-order valence-electron chi connectivity index (χ1n) is 10.1. The van der Waals surface area contributed by atoms with Crippen LogP contribution in [0.25, 0.3) is 0 Å². The summed E-state index contributed by atoms with van der Waals surface area (Å²) in [6.07, 6.45) is 7.83. The van der Waals surface area contributed by atoms with Crippen LogP contribution in [0.5, 0.6) is 0 Å². The van der Waals surface area contributed by atoms with Crippen LogP contribution in [-0.4, -0.2) is 57.6 Å². The topological polar surface area (TPSA) is 86.3 Å². The smallest absolute Gasteiger partial charge is 0.219 e. The van der Waals surface area contributed by atoms with Gasteiger partial charge in [-0.2, -0.15) is 0 Å². The zero-order valence-corrected chi connectivity index (χ0v) is 19.0. The molecule has 0 aliphatic carbocycles. The van der Waals surface area contributed by atoms with Gasteiger partial charge in [0.15, 0.2) is 0 Å². The molecule has 0 saturated heterocycles. The third-order valence-electron chi connectivity index (χ3n) is 4.14. The lowest BCUT2D eigenvalue weighted by molar-refractivity contribution is -0.870. The molecule has 1 aromatic rings. The second-order valence-electron chi connectivity index (χ2n) is 8.15. The van der Waals surface area contributed by atoms with E-state index in [1.807, 2.05) is 6.92 Å². The van der Waals surface area contributed by atoms with Gasteiger partial charge in [0.25, 0.3) is 0 Å². The summed E-state index contributed by atoms with van der Waals surface area (Å²) < 4.78 is 32.1. The Hall–Kier alpha value is -1.44. The molecule has 0 heterocycles. The Labute approximate surface area is 171 Å². The molecular formula is C21H38N2O4S. The number of aryl methyl sites for hydroxylation is 1. The molecule has 0 radical (unpaired) electrons. The number of carbonyl (C=O) groups excluding carboxylic acids is 1. The number of carbonyl (C=O) groups is 1. The molecule has 1 rings (SSSR count). The second kappa shape index (κ2) is 13.7. The van der Waals surface area contributed by atoms with Crippen LogP contribution in [0.4, 0.5) is 0 Å². The lowest BCUT2D eigenvalue weighted by Crippen LogP contribution is -2.37. The van der Waals surface area contributed by atoms with E-state index in [1.54, 1.807) is 12.1 Å². The molecule has 0 fully saturated rings. The Morgan fingerprint density at radius 1 is 1.00 bits per heavy atom. The first-order valence-corrected chi connectivity index (χ1v) is 11.5. The Kier molecular flexibility index (Phi) is 13.0. The molecule has 0 aliphatic heterocycles. The van der Waals surface area contributed by atoms with Crippen molar-refractivity contribution >= 4 is 16.0 Å². The molecule has 0 aromatic heterocycles. The van der Waals surface area contributed by atoms with E-state index >= 15 is 0 Å². The maximum Gasteiger partial charge on any atom is 0.219 e. The summed E-state index contributed by atoms with van der Waals surface area (Å²) in [5, 5.41) is 3.00. The summed E-state index contributed by atoms with van der Waals surface area (Å²) in [5.74, 6) is 0.225. The molecule has 6 nitrogen and oxygen atoms in total. The summed E-state index contributed by atoms with van der Waals surface area (Å²) in [7, 11) is 2.26. The summed E-state index contributed by atoms with van der Waals surface area (Å²) in [4.78, 5) is 11.3. The highest BCUT2D eigenvalue weighted by atomic mass is 32.2. The van der Waals surface area contributed by atoms with Gasteiger partial charge < -0.3 is 14.4 Å². The zero-order chi connectivity index (χ0) is 21.6. The first kappa shape index (κ1) is 26.6. The molecule has 1 N–H and O–H groups in total. The molecule has 28 heavy (non-hydrogen) atoms. The van der Waals surface area contributed by atoms with E-state index < -0.39 is 10.1 Å². The van der Waals surface area contributed by atoms with Crippen LogP contribution in [-0.2, 0) is 14.9 Å². The fourth-order valence-electron chi connectivity index (χ4n) is 2.46. The van der Waals surface area contributed by atoms with Gasteiger partial charge in [0.05, 0.1) is 32.6 Å². The maximum absolute atomic E-state index is 11.5. The van der Waals surface area contributed by atoms with E-state index in [0.717, 1.165) is 36.0 Å². The normalized spacial score (nSPS) is 11.5. The summed E-state index contributed by atoms with van der Waals surface area (Å²) in [6, 6.07) is 5.78. The number of rotatable bonds is 11. The largest absolute Gasteiger partial charge is 0.744 e. The van der Waals surface area contributed by atoms with E-state index in [2.05, 4.69) is 33.4 Å². The van der Waals surface area contributed by atoms with Gasteiger partial charge in [-0.05, 0) is 25.5 Å². The summed E-state index contributed by atoms with van der Waals surface area (Å²) in [5.41, 5.74) is 0.928. The van der Waals surface area contributed by atoms with Crippen molar-refractivity contribution in [3.63, 3.8) is 0 Å². The lowest BCUT2D eigenvalue weighted by atomic mass is 10.1. The number of nitrogens with zero attached hydrogens (tertiary/aromatic N) is 1. The van der Waals surface area contributed by atoms with Gasteiger partial charge in [0, 0.05) is 19.4 Å². The highest BCUT2D eigenvalue weighted by Gasteiger charge is 2.06. The molecule has 0 aliphatic rings. The van der Waals surface area contributed by atoms with Crippen molar-refractivity contribution in [3.05, 3.63) is 29.8 Å². The minimum atomic E-state index is -4.27. The number of benzene rings is 1. The van der Waals surface area contributed by atoms with Crippen molar-refractivity contribution in [2.45, 2.75) is 63.7 Å². The van der Waals surface area contributed by atoms with Crippen LogP contribution in [0.3, 0.4) is 0 Å². The minimum absolute atomic E-state index is 0.178. The Balaban J connectivity index is 0.000000567. The van der Waals surface area contributed by atoms with Crippen molar-refractivity contribution in [1.29, 1.82) is 0 Å². The average Bonchev–Trinajstić information content (AvgIpc) is 2.58. The molecule has 0 bridgehead atoms. The van der Waals surface area contributed by atoms with Crippen molar-refractivity contribution in [3.8, 4) is 0 Å².